The van der Waals surface area contributed by atoms with Crippen LogP contribution < -0.4 is 10.6 Å². The largest absolute Gasteiger partial charge is 0.354 e. The van der Waals surface area contributed by atoms with Gasteiger partial charge in [0.25, 0.3) is 11.8 Å². The van der Waals surface area contributed by atoms with Gasteiger partial charge in [-0.15, -0.1) is 0 Å². The van der Waals surface area contributed by atoms with E-state index < -0.39 is 0 Å². The third-order valence-electron chi connectivity index (χ3n) is 1.76. The van der Waals surface area contributed by atoms with Crippen molar-refractivity contribution in [3.05, 3.63) is 23.9 Å². The maximum absolute atomic E-state index is 11.4. The van der Waals surface area contributed by atoms with E-state index in [1.807, 2.05) is 0 Å². The van der Waals surface area contributed by atoms with Crippen LogP contribution in [0, 0.1) is 0 Å². The molecule has 0 saturated heterocycles. The van der Waals surface area contributed by atoms with Gasteiger partial charge in [0.15, 0.2) is 0 Å². The highest BCUT2D eigenvalue weighted by molar-refractivity contribution is 6.43. The lowest BCUT2D eigenvalue weighted by Crippen LogP contribution is -2.27. The number of rotatable bonds is 4. The molecule has 0 aromatic heterocycles. The third-order valence-corrected chi connectivity index (χ3v) is 1.76. The fourth-order valence-corrected chi connectivity index (χ4v) is 0.954. The minimum atomic E-state index is -0.332. The number of hydrogen-bond donors (Lipinski definition) is 2. The van der Waals surface area contributed by atoms with Gasteiger partial charge in [0.05, 0.1) is 0 Å². The van der Waals surface area contributed by atoms with Crippen LogP contribution in [-0.2, 0) is 9.59 Å². The van der Waals surface area contributed by atoms with Crippen LogP contribution in [0.1, 0.15) is 13.8 Å². The van der Waals surface area contributed by atoms with E-state index >= 15 is 0 Å². The predicted octanol–water partition coefficient (Wildman–Crippen LogP) is 0.399. The Balaban J connectivity index is 5.18. The Morgan fingerprint density at radius 3 is 2.00 bits per heavy atom. The number of hydrogen-bond acceptors (Lipinski definition) is 3. The summed E-state index contributed by atoms with van der Waals surface area (Å²) in [6.07, 6.45) is 4.78. The van der Waals surface area contributed by atoms with Gasteiger partial charge in [-0.1, -0.05) is 12.2 Å². The summed E-state index contributed by atoms with van der Waals surface area (Å²) in [6.45, 7) is 3.46. The van der Waals surface area contributed by atoms with Crippen molar-refractivity contribution in [1.82, 2.24) is 10.6 Å². The van der Waals surface area contributed by atoms with Crippen molar-refractivity contribution in [2.24, 2.45) is 4.99 Å². The Bertz CT molecular complexity index is 354. The number of carbonyl (C=O) groups is 2. The van der Waals surface area contributed by atoms with Crippen LogP contribution in [0.2, 0.25) is 0 Å². The summed E-state index contributed by atoms with van der Waals surface area (Å²) in [5, 5.41) is 4.91. The van der Waals surface area contributed by atoms with Crippen LogP contribution in [0.25, 0.3) is 0 Å². The molecule has 0 aliphatic rings. The van der Waals surface area contributed by atoms with Crippen molar-refractivity contribution in [3.8, 4) is 0 Å². The Kier molecular flexibility index (Phi) is 6.51. The summed E-state index contributed by atoms with van der Waals surface area (Å²) in [5.41, 5.74) is 0.404. The Morgan fingerprint density at radius 1 is 1.06 bits per heavy atom. The van der Waals surface area contributed by atoms with Gasteiger partial charge < -0.3 is 10.6 Å². The number of carbonyl (C=O) groups excluding carboxylic acids is 2. The summed E-state index contributed by atoms with van der Waals surface area (Å²) < 4.78 is 0. The lowest BCUT2D eigenvalue weighted by Gasteiger charge is -2.02. The minimum absolute atomic E-state index is 0.196. The molecule has 16 heavy (non-hydrogen) atoms. The molecule has 0 aromatic carbocycles. The molecule has 0 saturated carbocycles. The molecule has 0 aliphatic carbocycles. The van der Waals surface area contributed by atoms with Gasteiger partial charge in [0.2, 0.25) is 0 Å². The van der Waals surface area contributed by atoms with Crippen LogP contribution in [0.3, 0.4) is 0 Å². The van der Waals surface area contributed by atoms with E-state index in [0.717, 1.165) is 0 Å². The summed E-state index contributed by atoms with van der Waals surface area (Å²) in [7, 11) is 3.02. The van der Waals surface area contributed by atoms with Gasteiger partial charge in [-0.2, -0.15) is 0 Å². The van der Waals surface area contributed by atoms with Crippen LogP contribution >= 0.6 is 0 Å². The van der Waals surface area contributed by atoms with Gasteiger partial charge in [0.1, 0.15) is 11.4 Å². The highest BCUT2D eigenvalue weighted by Gasteiger charge is 2.10. The van der Waals surface area contributed by atoms with Crippen molar-refractivity contribution in [2.75, 3.05) is 14.1 Å². The zero-order valence-corrected chi connectivity index (χ0v) is 10.00. The molecule has 0 spiro atoms. The lowest BCUT2D eigenvalue weighted by atomic mass is 10.3. The molecule has 0 aromatic rings. The number of allylic oxidation sites excluding steroid dienone is 2. The molecule has 0 aliphatic heterocycles. The van der Waals surface area contributed by atoms with Crippen LogP contribution in [-0.4, -0.2) is 31.6 Å². The van der Waals surface area contributed by atoms with Gasteiger partial charge in [-0.05, 0) is 19.9 Å². The maximum Gasteiger partial charge on any atom is 0.269 e. The first-order valence-corrected chi connectivity index (χ1v) is 4.92. The van der Waals surface area contributed by atoms with E-state index in [1.165, 1.54) is 14.1 Å². The fourth-order valence-electron chi connectivity index (χ4n) is 0.954. The zero-order chi connectivity index (χ0) is 12.6. The Hall–Kier alpha value is -1.91. The average Bonchev–Trinajstić information content (AvgIpc) is 2.32. The second kappa shape index (κ2) is 7.39. The Morgan fingerprint density at radius 2 is 1.62 bits per heavy atom. The lowest BCUT2D eigenvalue weighted by molar-refractivity contribution is -0.117. The molecule has 88 valence electrons. The van der Waals surface area contributed by atoms with Crippen molar-refractivity contribution in [3.63, 3.8) is 0 Å². The third kappa shape index (κ3) is 4.08. The number of nitrogens with zero attached hydrogens (tertiary/aromatic N) is 1. The second-order valence-corrected chi connectivity index (χ2v) is 2.83. The minimum Gasteiger partial charge on any atom is -0.354 e. The molecule has 0 rings (SSSR count). The van der Waals surface area contributed by atoms with Gasteiger partial charge in [0, 0.05) is 14.1 Å². The second-order valence-electron chi connectivity index (χ2n) is 2.83. The van der Waals surface area contributed by atoms with E-state index in [0.29, 0.717) is 0 Å². The molecular weight excluding hydrogens is 206 g/mol. The van der Waals surface area contributed by atoms with Crippen molar-refractivity contribution >= 4 is 17.5 Å². The molecule has 0 atom stereocenters. The van der Waals surface area contributed by atoms with Crippen LogP contribution in [0.4, 0.5) is 0 Å². The Labute approximate surface area is 95.3 Å². The van der Waals surface area contributed by atoms with E-state index in [-0.39, 0.29) is 23.2 Å². The molecule has 0 unspecified atom stereocenters. The van der Waals surface area contributed by atoms with E-state index in [9.17, 15) is 9.59 Å². The molecule has 5 nitrogen and oxygen atoms in total. The number of aliphatic imine (C=N–C) groups is 1. The first kappa shape index (κ1) is 14.1. The number of nitrogens with one attached hydrogen (secondary N) is 2. The van der Waals surface area contributed by atoms with E-state index in [2.05, 4.69) is 15.6 Å². The quantitative estimate of drug-likeness (QED) is 0.535. The normalized spacial score (nSPS) is 12.8. The van der Waals surface area contributed by atoms with E-state index in [4.69, 9.17) is 0 Å². The highest BCUT2D eigenvalue weighted by Crippen LogP contribution is 1.99. The van der Waals surface area contributed by atoms with Crippen LogP contribution in [0.15, 0.2) is 28.9 Å². The fraction of sp³-hybridized carbons (Fsp3) is 0.364. The summed E-state index contributed by atoms with van der Waals surface area (Å²) in [6, 6.07) is 0. The molecule has 0 bridgehead atoms. The molecule has 0 radical (unpaired) electrons. The molecule has 2 N–H and O–H groups in total. The summed E-state index contributed by atoms with van der Waals surface area (Å²) in [4.78, 5) is 26.8. The van der Waals surface area contributed by atoms with Crippen LogP contribution in [0.5, 0.6) is 0 Å². The number of amides is 2. The first-order chi connectivity index (χ1) is 7.60. The average molecular weight is 223 g/mol. The zero-order valence-electron chi connectivity index (χ0n) is 10.00. The molecular formula is C11H17N3O2. The molecule has 0 fully saturated rings. The highest BCUT2D eigenvalue weighted by atomic mass is 16.2. The predicted molar refractivity (Wildman–Crippen MR) is 64.1 cm³/mol. The molecule has 2 amide bonds. The van der Waals surface area contributed by atoms with Gasteiger partial charge in [-0.25, -0.2) is 4.99 Å². The topological polar surface area (TPSA) is 70.6 Å². The number of likely N-dealkylation sites (N-methyl/N-ethyl adjacent to an activating group) is 1. The van der Waals surface area contributed by atoms with Crippen molar-refractivity contribution in [1.29, 1.82) is 0 Å². The maximum atomic E-state index is 11.4. The summed E-state index contributed by atoms with van der Waals surface area (Å²) >= 11 is 0. The smallest absolute Gasteiger partial charge is 0.269 e. The molecule has 5 heteroatoms. The monoisotopic (exact) mass is 223 g/mol. The van der Waals surface area contributed by atoms with E-state index in [1.54, 1.807) is 32.1 Å². The van der Waals surface area contributed by atoms with Gasteiger partial charge in [-0.3, -0.25) is 9.59 Å². The van der Waals surface area contributed by atoms with Crippen molar-refractivity contribution in [2.45, 2.75) is 13.8 Å². The summed E-state index contributed by atoms with van der Waals surface area (Å²) in [5.74, 6) is -0.658. The van der Waals surface area contributed by atoms with Crippen molar-refractivity contribution < 1.29 is 9.59 Å². The first-order valence-electron chi connectivity index (χ1n) is 4.92. The molecule has 0 heterocycles. The van der Waals surface area contributed by atoms with Gasteiger partial charge >= 0.3 is 0 Å². The SMILES string of the molecule is C\C=C/C(=N\C(=C/C)C(=O)NC)C(=O)NC. The standard InChI is InChI=1S/C11H17N3O2/c1-5-7-9(11(16)13-4)14-8(6-2)10(15)12-3/h5-7H,1-4H3,(H,12,15)(H,13,16)/b7-5-,8-6-,14-9+.